The molecule has 8 heteroatoms. The van der Waals surface area contributed by atoms with E-state index in [-0.39, 0.29) is 52.6 Å². The van der Waals surface area contributed by atoms with Crippen molar-refractivity contribution in [3.8, 4) is 0 Å². The molecular formula is MgNaO5P. The molecule has 0 aromatic rings. The topological polar surface area (TPSA) is 94.2 Å². The van der Waals surface area contributed by atoms with Crippen molar-refractivity contribution in [1.82, 2.24) is 0 Å². The Morgan fingerprint density at radius 3 is 1.12 bits per heavy atom. The molecule has 1 heterocycles. The van der Waals surface area contributed by atoms with E-state index >= 15 is 0 Å². The third-order valence-electron chi connectivity index (χ3n) is 0.257. The summed E-state index contributed by atoms with van der Waals surface area (Å²) in [5.41, 5.74) is 0. The van der Waals surface area contributed by atoms with Crippen LogP contribution in [-0.2, 0) is 9.35 Å². The van der Waals surface area contributed by atoms with Crippen molar-refractivity contribution < 1.29 is 53.6 Å². The van der Waals surface area contributed by atoms with Gasteiger partial charge in [-0.15, -0.1) is 0 Å². The Balaban J connectivity index is 0. The van der Waals surface area contributed by atoms with Gasteiger partial charge in [0.15, 0.2) is 0 Å². The first kappa shape index (κ1) is 12.7. The van der Waals surface area contributed by atoms with E-state index < -0.39 is 7.74 Å². The van der Waals surface area contributed by atoms with E-state index in [9.17, 15) is 14.7 Å². The summed E-state index contributed by atoms with van der Waals surface area (Å²) in [5, 5.41) is 0. The Labute approximate surface area is 83.7 Å². The van der Waals surface area contributed by atoms with Gasteiger partial charge in [-0.05, 0) is 0 Å². The van der Waals surface area contributed by atoms with Crippen LogP contribution in [0.1, 0.15) is 0 Å². The van der Waals surface area contributed by atoms with Crippen molar-refractivity contribution in [3.05, 3.63) is 0 Å². The molecule has 1 fully saturated rings. The van der Waals surface area contributed by atoms with Crippen molar-refractivity contribution in [2.75, 3.05) is 0 Å². The third kappa shape index (κ3) is 4.84. The Morgan fingerprint density at radius 2 is 1.12 bits per heavy atom. The molecule has 0 spiro atoms. The summed E-state index contributed by atoms with van der Waals surface area (Å²) in [7, 11) is -5.55. The monoisotopic (exact) mass is 158 g/mol. The molecule has 1 aliphatic rings. The van der Waals surface area contributed by atoms with Crippen LogP contribution >= 0.6 is 7.74 Å². The fourth-order valence-corrected chi connectivity index (χ4v) is 0.367. The number of hydrogen-bond donors (Lipinski definition) is 0. The Hall–Kier alpha value is 2.00. The van der Waals surface area contributed by atoms with Gasteiger partial charge in [0.2, 0.25) is 0 Å². The fraction of sp³-hybridized carbons (Fsp3) is 0. The van der Waals surface area contributed by atoms with Gasteiger partial charge >= 0.3 is 84.4 Å². The van der Waals surface area contributed by atoms with Crippen LogP contribution in [0.5, 0.6) is 0 Å². The third-order valence-corrected chi connectivity index (χ3v) is 0.771. The first-order valence-corrected chi connectivity index (χ1v) is 2.91. The first-order chi connectivity index (χ1) is 2.47. The van der Waals surface area contributed by atoms with Crippen molar-refractivity contribution in [3.63, 3.8) is 0 Å². The van der Waals surface area contributed by atoms with E-state index in [2.05, 4.69) is 9.35 Å². The van der Waals surface area contributed by atoms with Crippen LogP contribution in [0.2, 0.25) is 0 Å². The summed E-state index contributed by atoms with van der Waals surface area (Å²) < 4.78 is 6.09. The molecule has 1 saturated heterocycles. The van der Waals surface area contributed by atoms with Gasteiger partial charge < -0.3 is 0 Å². The predicted molar refractivity (Wildman–Crippen MR) is 14.8 cm³/mol. The average molecular weight is 158 g/mol. The number of hydrogen-bond acceptors (Lipinski definition) is 5. The van der Waals surface area contributed by atoms with Gasteiger partial charge in [-0.2, -0.15) is 0 Å². The van der Waals surface area contributed by atoms with Gasteiger partial charge in [0.25, 0.3) is 0 Å². The SMILES string of the molecule is [Mg+2].[Na+].[O-]P1([O-])([O-])OO1. The van der Waals surface area contributed by atoms with Crippen LogP contribution in [-0.4, -0.2) is 23.1 Å². The maximum absolute atomic E-state index is 9.37. The zero-order valence-corrected chi connectivity index (χ0v) is 8.50. The molecule has 0 N–H and O–H groups in total. The van der Waals surface area contributed by atoms with Crippen LogP contribution in [0.25, 0.3) is 0 Å². The standard InChI is InChI=1S/Mg.Na.O5P/c;;1-6(2,3)4-5-6/q+2;+1;-3. The maximum atomic E-state index is 9.37. The van der Waals surface area contributed by atoms with Crippen LogP contribution in [0, 0.1) is 0 Å². The van der Waals surface area contributed by atoms with E-state index in [0.717, 1.165) is 0 Å². The van der Waals surface area contributed by atoms with Gasteiger partial charge in [0.1, 0.15) is 0 Å². The molecule has 0 aromatic heterocycles. The molecule has 0 atom stereocenters. The van der Waals surface area contributed by atoms with Gasteiger partial charge in [0.05, 0.1) is 0 Å². The quantitative estimate of drug-likeness (QED) is 0.151. The fourth-order valence-electron chi connectivity index (χ4n) is 0.0408. The summed E-state index contributed by atoms with van der Waals surface area (Å²) in [4.78, 5) is 28.1. The molecule has 1 aliphatic heterocycles. The normalized spacial score (nSPS) is 32.1. The summed E-state index contributed by atoms with van der Waals surface area (Å²) in [5.74, 6) is 0. The van der Waals surface area contributed by atoms with Crippen LogP contribution < -0.4 is 44.2 Å². The van der Waals surface area contributed by atoms with Crippen LogP contribution in [0.3, 0.4) is 0 Å². The molecule has 0 aromatic carbocycles. The average Bonchev–Trinajstić information content (AvgIpc) is 1.73. The van der Waals surface area contributed by atoms with Crippen LogP contribution in [0.15, 0.2) is 0 Å². The second-order valence-corrected chi connectivity index (χ2v) is 2.68. The molecule has 0 amide bonds. The second kappa shape index (κ2) is 2.94. The Bertz CT molecular complexity index is 76.2. The minimum atomic E-state index is -5.55. The predicted octanol–water partition coefficient (Wildman–Crippen LogP) is -6.22. The van der Waals surface area contributed by atoms with E-state index in [1.165, 1.54) is 0 Å². The van der Waals surface area contributed by atoms with E-state index in [1.807, 2.05) is 0 Å². The molecule has 0 bridgehead atoms. The molecule has 8 heavy (non-hydrogen) atoms. The van der Waals surface area contributed by atoms with Gasteiger partial charge in [-0.25, -0.2) is 0 Å². The minimum absolute atomic E-state index is 0. The van der Waals surface area contributed by atoms with Crippen molar-refractivity contribution in [2.24, 2.45) is 0 Å². The second-order valence-electron chi connectivity index (χ2n) is 0.894. The Morgan fingerprint density at radius 1 is 1.00 bits per heavy atom. The molecule has 0 unspecified atom stereocenters. The molecule has 5 nitrogen and oxygen atoms in total. The van der Waals surface area contributed by atoms with Crippen LogP contribution in [0.4, 0.5) is 0 Å². The van der Waals surface area contributed by atoms with E-state index in [4.69, 9.17) is 0 Å². The van der Waals surface area contributed by atoms with Crippen molar-refractivity contribution in [1.29, 1.82) is 0 Å². The summed E-state index contributed by atoms with van der Waals surface area (Å²) in [6, 6.07) is 0. The first-order valence-electron chi connectivity index (χ1n) is 1.08. The van der Waals surface area contributed by atoms with Gasteiger partial charge in [-0.1, -0.05) is 0 Å². The number of rotatable bonds is 0. The summed E-state index contributed by atoms with van der Waals surface area (Å²) in [6.07, 6.45) is 0. The molecule has 0 radical (unpaired) electrons. The zero-order chi connectivity index (χ0) is 4.86. The van der Waals surface area contributed by atoms with E-state index in [0.29, 0.717) is 0 Å². The molecule has 0 saturated carbocycles. The zero-order valence-electron chi connectivity index (χ0n) is 4.20. The van der Waals surface area contributed by atoms with Crippen molar-refractivity contribution >= 4 is 30.8 Å². The molecule has 1 rings (SSSR count). The van der Waals surface area contributed by atoms with E-state index in [1.54, 1.807) is 0 Å². The molecule has 0 aliphatic carbocycles. The molecule has 38 valence electrons. The van der Waals surface area contributed by atoms with Gasteiger partial charge in [0, 0.05) is 0 Å². The van der Waals surface area contributed by atoms with Gasteiger partial charge in [-0.3, -0.25) is 0 Å². The summed E-state index contributed by atoms with van der Waals surface area (Å²) in [6.45, 7) is 0. The molecular weight excluding hydrogens is 158 g/mol. The summed E-state index contributed by atoms with van der Waals surface area (Å²) >= 11 is 0. The van der Waals surface area contributed by atoms with Crippen molar-refractivity contribution in [2.45, 2.75) is 0 Å². The Kier molecular flexibility index (Phi) is 4.64.